The lowest BCUT2D eigenvalue weighted by atomic mass is 9.72. The molecular formula is C18H26F2O2. The molecule has 1 atom stereocenters. The molecule has 4 heteroatoms. The van der Waals surface area contributed by atoms with E-state index in [0.717, 1.165) is 24.3 Å². The summed E-state index contributed by atoms with van der Waals surface area (Å²) in [6.07, 6.45) is 9.42. The van der Waals surface area contributed by atoms with E-state index in [1.165, 1.54) is 31.8 Å². The molecule has 1 saturated carbocycles. The zero-order valence-corrected chi connectivity index (χ0v) is 13.2. The molecule has 0 saturated heterocycles. The summed E-state index contributed by atoms with van der Waals surface area (Å²) in [6, 6.07) is 0. The third kappa shape index (κ3) is 3.96. The fourth-order valence-corrected chi connectivity index (χ4v) is 3.86. The topological polar surface area (TPSA) is 37.3 Å². The van der Waals surface area contributed by atoms with E-state index in [0.29, 0.717) is 5.92 Å². The number of hydrogen-bond acceptors (Lipinski definition) is 1. The molecule has 0 aliphatic heterocycles. The van der Waals surface area contributed by atoms with E-state index in [2.05, 4.69) is 6.92 Å². The van der Waals surface area contributed by atoms with Crippen LogP contribution in [0.15, 0.2) is 23.8 Å². The summed E-state index contributed by atoms with van der Waals surface area (Å²) in [6.45, 7) is 2.22. The van der Waals surface area contributed by atoms with Crippen LogP contribution in [0.5, 0.6) is 0 Å². The monoisotopic (exact) mass is 312 g/mol. The molecule has 0 amide bonds. The zero-order chi connectivity index (χ0) is 16.2. The molecule has 2 aliphatic carbocycles. The van der Waals surface area contributed by atoms with Crippen molar-refractivity contribution in [2.45, 2.75) is 64.7 Å². The Labute approximate surface area is 131 Å². The number of carboxylic acids is 1. The Morgan fingerprint density at radius 1 is 1.36 bits per heavy atom. The number of hydrogen-bond donors (Lipinski definition) is 1. The summed E-state index contributed by atoms with van der Waals surface area (Å²) in [5.41, 5.74) is -0.266. The van der Waals surface area contributed by atoms with Crippen molar-refractivity contribution >= 4 is 5.97 Å². The van der Waals surface area contributed by atoms with Crippen molar-refractivity contribution in [3.8, 4) is 0 Å². The first-order valence-corrected chi connectivity index (χ1v) is 8.37. The van der Waals surface area contributed by atoms with Crippen LogP contribution in [0.2, 0.25) is 0 Å². The van der Waals surface area contributed by atoms with E-state index in [1.54, 1.807) is 6.08 Å². The number of aliphatic carboxylic acids is 1. The van der Waals surface area contributed by atoms with E-state index in [4.69, 9.17) is 0 Å². The fraction of sp³-hybridized carbons (Fsp3) is 0.722. The molecule has 2 nitrogen and oxygen atoms in total. The van der Waals surface area contributed by atoms with Crippen LogP contribution in [-0.4, -0.2) is 17.5 Å². The van der Waals surface area contributed by atoms with Gasteiger partial charge in [0, 0.05) is 6.42 Å². The van der Waals surface area contributed by atoms with Gasteiger partial charge in [-0.1, -0.05) is 38.0 Å². The molecule has 0 heterocycles. The molecule has 2 aliphatic rings. The van der Waals surface area contributed by atoms with Crippen LogP contribution < -0.4 is 0 Å². The van der Waals surface area contributed by atoms with Gasteiger partial charge in [-0.2, -0.15) is 0 Å². The number of rotatable bonds is 6. The van der Waals surface area contributed by atoms with Crippen LogP contribution in [-0.2, 0) is 4.79 Å². The first-order valence-electron chi connectivity index (χ1n) is 8.37. The summed E-state index contributed by atoms with van der Waals surface area (Å²) in [7, 11) is 0. The van der Waals surface area contributed by atoms with Gasteiger partial charge in [-0.3, -0.25) is 4.79 Å². The summed E-state index contributed by atoms with van der Waals surface area (Å²) < 4.78 is 25.3. The number of carboxylic acid groups (broad SMARTS) is 1. The quantitative estimate of drug-likeness (QED) is 0.731. The van der Waals surface area contributed by atoms with Gasteiger partial charge in [-0.25, -0.2) is 8.78 Å². The molecular weight excluding hydrogens is 286 g/mol. The SMILES string of the molecule is CCC[C@H]1CC[C@H](C2=CCC(CC(F)F)(C(=O)O)C=C2)CC1. The number of carbonyl (C=O) groups is 1. The molecule has 2 rings (SSSR count). The van der Waals surface area contributed by atoms with Gasteiger partial charge in [0.25, 0.3) is 0 Å². The molecule has 1 fully saturated rings. The Morgan fingerprint density at radius 3 is 2.50 bits per heavy atom. The van der Waals surface area contributed by atoms with Crippen molar-refractivity contribution in [2.24, 2.45) is 17.3 Å². The van der Waals surface area contributed by atoms with Gasteiger partial charge in [0.2, 0.25) is 6.43 Å². The molecule has 124 valence electrons. The minimum atomic E-state index is -2.60. The first-order chi connectivity index (χ1) is 10.5. The van der Waals surface area contributed by atoms with Gasteiger partial charge >= 0.3 is 5.97 Å². The van der Waals surface area contributed by atoms with Crippen molar-refractivity contribution in [3.05, 3.63) is 23.8 Å². The van der Waals surface area contributed by atoms with Gasteiger partial charge in [0.15, 0.2) is 0 Å². The van der Waals surface area contributed by atoms with Gasteiger partial charge < -0.3 is 5.11 Å². The zero-order valence-electron chi connectivity index (χ0n) is 13.2. The van der Waals surface area contributed by atoms with Crippen LogP contribution in [0.4, 0.5) is 8.78 Å². The van der Waals surface area contributed by atoms with Gasteiger partial charge in [0.05, 0.1) is 5.41 Å². The van der Waals surface area contributed by atoms with Crippen molar-refractivity contribution in [3.63, 3.8) is 0 Å². The van der Waals surface area contributed by atoms with Crippen LogP contribution in [0.3, 0.4) is 0 Å². The van der Waals surface area contributed by atoms with Gasteiger partial charge in [0.1, 0.15) is 0 Å². The minimum absolute atomic E-state index is 0.188. The summed E-state index contributed by atoms with van der Waals surface area (Å²) in [5, 5.41) is 9.31. The standard InChI is InChI=1S/C18H26F2O2/c1-2-3-13-4-6-14(7-5-13)15-8-10-18(11-9-15,17(21)22)12-16(19)20/h8-10,13-14,16H,2-7,11-12H2,1H3,(H,21,22)/t13-,14-,18?. The molecule has 1 unspecified atom stereocenters. The second-order valence-corrected chi connectivity index (χ2v) is 6.80. The highest BCUT2D eigenvalue weighted by Crippen LogP contribution is 2.41. The lowest BCUT2D eigenvalue weighted by Crippen LogP contribution is -2.32. The highest BCUT2D eigenvalue weighted by molar-refractivity contribution is 5.78. The van der Waals surface area contributed by atoms with Crippen molar-refractivity contribution in [1.29, 1.82) is 0 Å². The predicted octanol–water partition coefficient (Wildman–Crippen LogP) is 5.21. The van der Waals surface area contributed by atoms with Crippen LogP contribution in [0.25, 0.3) is 0 Å². The molecule has 0 aromatic heterocycles. The van der Waals surface area contributed by atoms with E-state index in [1.807, 2.05) is 6.08 Å². The van der Waals surface area contributed by atoms with Crippen LogP contribution in [0, 0.1) is 17.3 Å². The Kier molecular flexibility index (Phi) is 5.76. The van der Waals surface area contributed by atoms with Crippen LogP contribution >= 0.6 is 0 Å². The van der Waals surface area contributed by atoms with E-state index in [9.17, 15) is 18.7 Å². The molecule has 22 heavy (non-hydrogen) atoms. The number of halogens is 2. The average Bonchev–Trinajstić information content (AvgIpc) is 2.48. The second-order valence-electron chi connectivity index (χ2n) is 6.80. The Balaban J connectivity index is 1.97. The normalized spacial score (nSPS) is 32.1. The van der Waals surface area contributed by atoms with Crippen LogP contribution in [0.1, 0.15) is 58.3 Å². The van der Waals surface area contributed by atoms with Crippen molar-refractivity contribution in [1.82, 2.24) is 0 Å². The third-order valence-corrected chi connectivity index (χ3v) is 5.26. The Bertz CT molecular complexity index is 448. The summed E-state index contributed by atoms with van der Waals surface area (Å²) in [4.78, 5) is 11.4. The molecule has 0 aromatic carbocycles. The fourth-order valence-electron chi connectivity index (χ4n) is 3.86. The van der Waals surface area contributed by atoms with E-state index in [-0.39, 0.29) is 6.42 Å². The average molecular weight is 312 g/mol. The summed E-state index contributed by atoms with van der Waals surface area (Å²) in [5.74, 6) is 0.153. The highest BCUT2D eigenvalue weighted by atomic mass is 19.3. The number of allylic oxidation sites excluding steroid dienone is 3. The third-order valence-electron chi connectivity index (χ3n) is 5.26. The highest BCUT2D eigenvalue weighted by Gasteiger charge is 2.40. The van der Waals surface area contributed by atoms with E-state index < -0.39 is 24.2 Å². The minimum Gasteiger partial charge on any atom is -0.481 e. The second kappa shape index (κ2) is 7.38. The largest absolute Gasteiger partial charge is 0.481 e. The predicted molar refractivity (Wildman–Crippen MR) is 82.9 cm³/mol. The maximum atomic E-state index is 12.7. The van der Waals surface area contributed by atoms with E-state index >= 15 is 0 Å². The van der Waals surface area contributed by atoms with Gasteiger partial charge in [-0.15, -0.1) is 0 Å². The maximum Gasteiger partial charge on any atom is 0.314 e. The lowest BCUT2D eigenvalue weighted by molar-refractivity contribution is -0.148. The molecule has 1 N–H and O–H groups in total. The lowest BCUT2D eigenvalue weighted by Gasteiger charge is -2.33. The number of alkyl halides is 2. The molecule has 0 bridgehead atoms. The van der Waals surface area contributed by atoms with Crippen molar-refractivity contribution < 1.29 is 18.7 Å². The molecule has 0 radical (unpaired) electrons. The Hall–Kier alpha value is -1.19. The molecule has 0 spiro atoms. The smallest absolute Gasteiger partial charge is 0.314 e. The first kappa shape index (κ1) is 17.2. The summed E-state index contributed by atoms with van der Waals surface area (Å²) >= 11 is 0. The Morgan fingerprint density at radius 2 is 2.05 bits per heavy atom. The van der Waals surface area contributed by atoms with Gasteiger partial charge in [-0.05, 0) is 49.5 Å². The van der Waals surface area contributed by atoms with Crippen molar-refractivity contribution in [2.75, 3.05) is 0 Å². The molecule has 0 aromatic rings. The maximum absolute atomic E-state index is 12.7.